The molecule has 5 heteroatoms. The molecule has 42 heavy (non-hydrogen) atoms. The van der Waals surface area contributed by atoms with Gasteiger partial charge in [0.15, 0.2) is 0 Å². The first kappa shape index (κ1) is 31.2. The van der Waals surface area contributed by atoms with Crippen LogP contribution in [0.2, 0.25) is 0 Å². The van der Waals surface area contributed by atoms with Crippen molar-refractivity contribution >= 4 is 5.97 Å². The lowest BCUT2D eigenvalue weighted by Gasteiger charge is -2.33. The Labute approximate surface area is 251 Å². The van der Waals surface area contributed by atoms with Crippen molar-refractivity contribution in [3.05, 3.63) is 144 Å². The number of esters is 1. The van der Waals surface area contributed by atoms with Crippen LogP contribution in [0.25, 0.3) is 0 Å². The summed E-state index contributed by atoms with van der Waals surface area (Å²) in [4.78, 5) is 16.4. The van der Waals surface area contributed by atoms with E-state index in [9.17, 15) is 9.90 Å². The van der Waals surface area contributed by atoms with E-state index in [1.54, 1.807) is 0 Å². The number of carbonyl (C=O) groups excluding carboxylic acids is 1. The molecular formula is C37H44N2O3. The molecule has 1 aliphatic rings. The number of aliphatic hydroxyl groups is 1. The molecule has 0 unspecified atom stereocenters. The highest BCUT2D eigenvalue weighted by Crippen LogP contribution is 2.41. The summed E-state index contributed by atoms with van der Waals surface area (Å²) in [6, 6.07) is 41.2. The second-order valence-electron chi connectivity index (χ2n) is 11.2. The van der Waals surface area contributed by atoms with Gasteiger partial charge in [-0.3, -0.25) is 14.6 Å². The summed E-state index contributed by atoms with van der Waals surface area (Å²) in [7, 11) is 1.43. The quantitative estimate of drug-likeness (QED) is 0.191. The molecule has 1 N–H and O–H groups in total. The van der Waals surface area contributed by atoms with E-state index in [0.29, 0.717) is 13.1 Å². The van der Waals surface area contributed by atoms with Gasteiger partial charge in [0, 0.05) is 32.2 Å². The molecule has 2 atom stereocenters. The lowest BCUT2D eigenvalue weighted by Crippen LogP contribution is -2.42. The Morgan fingerprint density at radius 3 is 1.24 bits per heavy atom. The van der Waals surface area contributed by atoms with Crippen LogP contribution in [0, 0.1) is 0 Å². The van der Waals surface area contributed by atoms with Crippen LogP contribution in [0.3, 0.4) is 0 Å². The molecule has 4 aromatic rings. The van der Waals surface area contributed by atoms with Gasteiger partial charge in [0.05, 0.1) is 12.7 Å². The summed E-state index contributed by atoms with van der Waals surface area (Å²) >= 11 is 0. The molecule has 0 bridgehead atoms. The van der Waals surface area contributed by atoms with Crippen molar-refractivity contribution < 1.29 is 14.6 Å². The molecule has 5 nitrogen and oxygen atoms in total. The second-order valence-corrected chi connectivity index (χ2v) is 11.2. The summed E-state index contributed by atoms with van der Waals surface area (Å²) in [5, 5.41) is 10.5. The van der Waals surface area contributed by atoms with Crippen LogP contribution in [0.1, 0.15) is 48.9 Å². The molecule has 220 valence electrons. The van der Waals surface area contributed by atoms with Gasteiger partial charge in [0.1, 0.15) is 6.04 Å². The van der Waals surface area contributed by atoms with E-state index in [1.807, 2.05) is 55.5 Å². The van der Waals surface area contributed by atoms with Crippen molar-refractivity contribution in [3.63, 3.8) is 0 Å². The number of hydrogen-bond acceptors (Lipinski definition) is 5. The molecule has 1 aliphatic carbocycles. The van der Waals surface area contributed by atoms with Crippen LogP contribution in [0.5, 0.6) is 0 Å². The molecule has 4 aromatic carbocycles. The van der Waals surface area contributed by atoms with Crippen molar-refractivity contribution in [2.45, 2.75) is 70.6 Å². The van der Waals surface area contributed by atoms with Crippen LogP contribution in [0.15, 0.2) is 121 Å². The smallest absolute Gasteiger partial charge is 0.322 e. The Morgan fingerprint density at radius 2 is 0.952 bits per heavy atom. The highest BCUT2D eigenvalue weighted by Gasteiger charge is 2.47. The number of hydrogen-bond donors (Lipinski definition) is 1. The number of carbonyl (C=O) groups is 1. The van der Waals surface area contributed by atoms with Gasteiger partial charge in [-0.05, 0) is 48.9 Å². The van der Waals surface area contributed by atoms with E-state index in [4.69, 9.17) is 4.74 Å². The number of benzene rings is 4. The van der Waals surface area contributed by atoms with E-state index in [0.717, 1.165) is 25.9 Å². The second kappa shape index (κ2) is 15.5. The van der Waals surface area contributed by atoms with Gasteiger partial charge in [-0.25, -0.2) is 0 Å². The number of methoxy groups -OCH3 is 1. The largest absolute Gasteiger partial charge is 0.468 e. The van der Waals surface area contributed by atoms with E-state index in [2.05, 4.69) is 89.5 Å². The minimum Gasteiger partial charge on any atom is -0.468 e. The summed E-state index contributed by atoms with van der Waals surface area (Å²) in [6.45, 7) is 7.22. The molecule has 1 fully saturated rings. The number of rotatable bonds is 12. The fourth-order valence-electron chi connectivity index (χ4n) is 5.14. The van der Waals surface area contributed by atoms with Crippen molar-refractivity contribution in [1.29, 1.82) is 0 Å². The Bertz CT molecular complexity index is 1250. The molecular weight excluding hydrogens is 520 g/mol. The van der Waals surface area contributed by atoms with E-state index >= 15 is 0 Å². The fourth-order valence-corrected chi connectivity index (χ4v) is 5.14. The topological polar surface area (TPSA) is 53.0 Å². The van der Waals surface area contributed by atoms with Gasteiger partial charge in [-0.15, -0.1) is 0 Å². The first-order valence-corrected chi connectivity index (χ1v) is 14.8. The normalized spacial score (nSPS) is 14.9. The van der Waals surface area contributed by atoms with E-state index in [-0.39, 0.29) is 18.1 Å². The van der Waals surface area contributed by atoms with Crippen LogP contribution in [-0.2, 0) is 35.7 Å². The first-order chi connectivity index (χ1) is 20.4. The third-order valence-corrected chi connectivity index (χ3v) is 8.09. The molecule has 0 aliphatic heterocycles. The predicted octanol–water partition coefficient (Wildman–Crippen LogP) is 6.85. The van der Waals surface area contributed by atoms with Gasteiger partial charge in [0.2, 0.25) is 0 Å². The summed E-state index contributed by atoms with van der Waals surface area (Å²) < 4.78 is 4.89. The molecule has 0 saturated heterocycles. The van der Waals surface area contributed by atoms with Crippen molar-refractivity contribution in [2.75, 3.05) is 7.11 Å². The molecule has 0 radical (unpaired) electrons. The predicted molar refractivity (Wildman–Crippen MR) is 169 cm³/mol. The maximum Gasteiger partial charge on any atom is 0.322 e. The molecule has 0 spiro atoms. The fraction of sp³-hybridized carbons (Fsp3) is 0.324. The van der Waals surface area contributed by atoms with Crippen molar-refractivity contribution in [2.24, 2.45) is 0 Å². The van der Waals surface area contributed by atoms with Gasteiger partial charge in [-0.2, -0.15) is 0 Å². The van der Waals surface area contributed by atoms with Gasteiger partial charge < -0.3 is 9.84 Å². The first-order valence-electron chi connectivity index (χ1n) is 14.8. The summed E-state index contributed by atoms with van der Waals surface area (Å²) in [5.41, 5.74) is 4.48. The van der Waals surface area contributed by atoms with Gasteiger partial charge in [0.25, 0.3) is 0 Å². The zero-order chi connectivity index (χ0) is 29.8. The average molecular weight is 565 g/mol. The molecule has 0 amide bonds. The lowest BCUT2D eigenvalue weighted by atomic mass is 10.1. The van der Waals surface area contributed by atoms with E-state index < -0.39 is 5.60 Å². The maximum absolute atomic E-state index is 11.9. The molecule has 0 heterocycles. The van der Waals surface area contributed by atoms with Crippen molar-refractivity contribution in [1.82, 2.24) is 9.80 Å². The highest BCUT2D eigenvalue weighted by molar-refractivity contribution is 5.75. The Hall–Kier alpha value is -3.77. The standard InChI is InChI=1S/C19H23NO.C18H21NO2/c1-16(19(21)12-13-19)20(14-17-8-4-2-5-9-17)15-18-10-6-3-7-11-18;1-15(18(20)21-2)19(13-16-9-5-3-6-10-16)14-17-11-7-4-8-12-17/h2-11,16,21H,12-15H2,1H3;3-12,15H,13-14H2,1-2H3/t16-;15-/m11/s1. The minimum absolute atomic E-state index is 0.179. The lowest BCUT2D eigenvalue weighted by molar-refractivity contribution is -0.146. The van der Waals surface area contributed by atoms with Gasteiger partial charge >= 0.3 is 5.97 Å². The average Bonchev–Trinajstić information content (AvgIpc) is 3.80. The summed E-state index contributed by atoms with van der Waals surface area (Å²) in [5.74, 6) is -0.207. The van der Waals surface area contributed by atoms with Crippen molar-refractivity contribution in [3.8, 4) is 0 Å². The Kier molecular flexibility index (Phi) is 11.5. The molecule has 0 aromatic heterocycles. The Morgan fingerprint density at radius 1 is 0.643 bits per heavy atom. The SMILES string of the molecule is COC(=O)[C@@H](C)N(Cc1ccccc1)Cc1ccccc1.C[C@@H](N(Cc1ccccc1)Cc1ccccc1)C1(O)CC1. The zero-order valence-corrected chi connectivity index (χ0v) is 25.1. The number of ether oxygens (including phenoxy) is 1. The number of nitrogens with zero attached hydrogens (tertiary/aromatic N) is 2. The monoisotopic (exact) mass is 564 g/mol. The molecule has 5 rings (SSSR count). The van der Waals surface area contributed by atoms with Crippen LogP contribution in [0.4, 0.5) is 0 Å². The summed E-state index contributed by atoms with van der Waals surface area (Å²) in [6.07, 6.45) is 1.85. The third-order valence-electron chi connectivity index (χ3n) is 8.09. The van der Waals surface area contributed by atoms with Gasteiger partial charge in [-0.1, -0.05) is 121 Å². The minimum atomic E-state index is -0.483. The maximum atomic E-state index is 11.9. The Balaban J connectivity index is 0.000000193. The van der Waals surface area contributed by atoms with Crippen LogP contribution >= 0.6 is 0 Å². The van der Waals surface area contributed by atoms with E-state index in [1.165, 1.54) is 29.4 Å². The molecule has 1 saturated carbocycles. The van der Waals surface area contributed by atoms with Crippen LogP contribution < -0.4 is 0 Å². The highest BCUT2D eigenvalue weighted by atomic mass is 16.5. The van der Waals surface area contributed by atoms with Crippen LogP contribution in [-0.4, -0.2) is 45.7 Å². The third kappa shape index (κ3) is 9.38. The zero-order valence-electron chi connectivity index (χ0n) is 25.1.